The van der Waals surface area contributed by atoms with E-state index in [2.05, 4.69) is 4.84 Å². The van der Waals surface area contributed by atoms with E-state index in [-0.39, 0.29) is 12.2 Å². The average molecular weight is 235 g/mol. The Morgan fingerprint density at radius 3 is 2.41 bits per heavy atom. The third kappa shape index (κ3) is 2.49. The molecular weight excluding hydrogens is 224 g/mol. The van der Waals surface area contributed by atoms with E-state index in [1.165, 1.54) is 6.07 Å². The summed E-state index contributed by atoms with van der Waals surface area (Å²) >= 11 is 0. The maximum Gasteiger partial charge on any atom is 0.166 e. The first-order chi connectivity index (χ1) is 8.22. The molecule has 2 aromatic carbocycles. The number of rotatable bonds is 3. The minimum atomic E-state index is -0.904. The van der Waals surface area contributed by atoms with Gasteiger partial charge in [0.25, 0.3) is 0 Å². The Labute approximate surface area is 97.6 Å². The van der Waals surface area contributed by atoms with Gasteiger partial charge in [-0.15, -0.1) is 0 Å². The predicted octanol–water partition coefficient (Wildman–Crippen LogP) is 3.02. The van der Waals surface area contributed by atoms with Gasteiger partial charge in [0, 0.05) is 5.56 Å². The summed E-state index contributed by atoms with van der Waals surface area (Å²) in [4.78, 5) is 4.42. The fraction of sp³-hybridized carbons (Fsp3) is 0.0769. The SMILES string of the molecule is NOCc1cc(F)c(F)c(-c2ccccc2)c1. The third-order valence-corrected chi connectivity index (χ3v) is 2.42. The van der Waals surface area contributed by atoms with Crippen LogP contribution in [-0.2, 0) is 11.4 Å². The van der Waals surface area contributed by atoms with Crippen LogP contribution in [0.3, 0.4) is 0 Å². The molecule has 2 aromatic rings. The first kappa shape index (κ1) is 11.7. The summed E-state index contributed by atoms with van der Waals surface area (Å²) in [5, 5.41) is 0. The minimum absolute atomic E-state index is 0.0387. The van der Waals surface area contributed by atoms with Gasteiger partial charge in [-0.25, -0.2) is 14.7 Å². The maximum absolute atomic E-state index is 13.7. The quantitative estimate of drug-likeness (QED) is 0.830. The van der Waals surface area contributed by atoms with Gasteiger partial charge in [0.1, 0.15) is 0 Å². The molecule has 0 spiro atoms. The van der Waals surface area contributed by atoms with E-state index in [1.807, 2.05) is 6.07 Å². The Kier molecular flexibility index (Phi) is 3.46. The summed E-state index contributed by atoms with van der Waals surface area (Å²) in [5.74, 6) is 3.15. The zero-order valence-corrected chi connectivity index (χ0v) is 8.99. The molecule has 2 N–H and O–H groups in total. The van der Waals surface area contributed by atoms with E-state index in [0.717, 1.165) is 6.07 Å². The van der Waals surface area contributed by atoms with Crippen molar-refractivity contribution in [1.29, 1.82) is 0 Å². The maximum atomic E-state index is 13.7. The molecule has 0 aromatic heterocycles. The van der Waals surface area contributed by atoms with Crippen molar-refractivity contribution in [2.75, 3.05) is 0 Å². The molecule has 0 atom stereocenters. The zero-order chi connectivity index (χ0) is 12.3. The second-order valence-electron chi connectivity index (χ2n) is 3.62. The molecule has 0 saturated heterocycles. The zero-order valence-electron chi connectivity index (χ0n) is 8.99. The van der Waals surface area contributed by atoms with Crippen LogP contribution in [0.5, 0.6) is 0 Å². The van der Waals surface area contributed by atoms with Crippen LogP contribution in [0, 0.1) is 11.6 Å². The van der Waals surface area contributed by atoms with Crippen molar-refractivity contribution in [3.8, 4) is 11.1 Å². The molecule has 2 nitrogen and oxygen atoms in total. The summed E-state index contributed by atoms with van der Waals surface area (Å²) < 4.78 is 27.0. The third-order valence-electron chi connectivity index (χ3n) is 2.42. The molecule has 0 aliphatic carbocycles. The van der Waals surface area contributed by atoms with E-state index in [4.69, 9.17) is 5.90 Å². The highest BCUT2D eigenvalue weighted by molar-refractivity contribution is 5.65. The number of hydrogen-bond acceptors (Lipinski definition) is 2. The second kappa shape index (κ2) is 5.03. The predicted molar refractivity (Wildman–Crippen MR) is 60.8 cm³/mol. The van der Waals surface area contributed by atoms with Crippen LogP contribution in [0.25, 0.3) is 11.1 Å². The van der Waals surface area contributed by atoms with Gasteiger partial charge in [0.05, 0.1) is 6.61 Å². The standard InChI is InChI=1S/C13H11F2NO/c14-12-7-9(8-17-16)6-11(13(12)15)10-4-2-1-3-5-10/h1-7H,8,16H2. The lowest BCUT2D eigenvalue weighted by atomic mass is 10.0. The van der Waals surface area contributed by atoms with E-state index < -0.39 is 11.6 Å². The van der Waals surface area contributed by atoms with Gasteiger partial charge >= 0.3 is 0 Å². The largest absolute Gasteiger partial charge is 0.300 e. The Bertz CT molecular complexity index is 514. The molecule has 0 aliphatic heterocycles. The van der Waals surface area contributed by atoms with Crippen LogP contribution in [0.4, 0.5) is 8.78 Å². The molecule has 0 amide bonds. The van der Waals surface area contributed by atoms with Gasteiger partial charge in [-0.3, -0.25) is 4.84 Å². The number of hydrogen-bond donors (Lipinski definition) is 1. The summed E-state index contributed by atoms with van der Waals surface area (Å²) in [6, 6.07) is 11.4. The van der Waals surface area contributed by atoms with E-state index in [1.54, 1.807) is 24.3 Å². The van der Waals surface area contributed by atoms with Gasteiger partial charge in [0.15, 0.2) is 11.6 Å². The summed E-state index contributed by atoms with van der Waals surface area (Å²) in [5.41, 5.74) is 1.31. The van der Waals surface area contributed by atoms with Gasteiger partial charge in [-0.1, -0.05) is 30.3 Å². The fourth-order valence-corrected chi connectivity index (χ4v) is 1.65. The molecule has 4 heteroatoms. The summed E-state index contributed by atoms with van der Waals surface area (Å²) in [7, 11) is 0. The molecule has 88 valence electrons. The van der Waals surface area contributed by atoms with Crippen molar-refractivity contribution >= 4 is 0 Å². The number of halogens is 2. The van der Waals surface area contributed by atoms with E-state index in [9.17, 15) is 8.78 Å². The Morgan fingerprint density at radius 1 is 1.06 bits per heavy atom. The summed E-state index contributed by atoms with van der Waals surface area (Å²) in [6.07, 6.45) is 0. The van der Waals surface area contributed by atoms with Crippen LogP contribution >= 0.6 is 0 Å². The molecule has 0 radical (unpaired) electrons. The Morgan fingerprint density at radius 2 is 1.76 bits per heavy atom. The van der Waals surface area contributed by atoms with Crippen LogP contribution < -0.4 is 5.90 Å². The van der Waals surface area contributed by atoms with Crippen LogP contribution in [0.2, 0.25) is 0 Å². The Balaban J connectivity index is 2.53. The van der Waals surface area contributed by atoms with Crippen molar-refractivity contribution < 1.29 is 13.6 Å². The highest BCUT2D eigenvalue weighted by Gasteiger charge is 2.12. The highest BCUT2D eigenvalue weighted by atomic mass is 19.2. The fourth-order valence-electron chi connectivity index (χ4n) is 1.65. The first-order valence-corrected chi connectivity index (χ1v) is 5.07. The normalized spacial score (nSPS) is 10.5. The van der Waals surface area contributed by atoms with Crippen molar-refractivity contribution in [2.24, 2.45) is 5.90 Å². The molecule has 0 heterocycles. The van der Waals surface area contributed by atoms with Crippen molar-refractivity contribution in [1.82, 2.24) is 0 Å². The first-order valence-electron chi connectivity index (χ1n) is 5.07. The van der Waals surface area contributed by atoms with Crippen LogP contribution in [-0.4, -0.2) is 0 Å². The molecule has 2 rings (SSSR count). The molecule has 0 bridgehead atoms. The van der Waals surface area contributed by atoms with Gasteiger partial charge in [0.2, 0.25) is 0 Å². The van der Waals surface area contributed by atoms with E-state index in [0.29, 0.717) is 11.1 Å². The lowest BCUT2D eigenvalue weighted by Crippen LogP contribution is -2.01. The Hall–Kier alpha value is -1.78. The monoisotopic (exact) mass is 235 g/mol. The topological polar surface area (TPSA) is 35.2 Å². The molecule has 0 fully saturated rings. The van der Waals surface area contributed by atoms with Gasteiger partial charge < -0.3 is 0 Å². The molecule has 0 aliphatic rings. The lowest BCUT2D eigenvalue weighted by molar-refractivity contribution is 0.124. The average Bonchev–Trinajstić information content (AvgIpc) is 2.35. The number of benzene rings is 2. The number of nitrogens with two attached hydrogens (primary N) is 1. The smallest absolute Gasteiger partial charge is 0.166 e. The van der Waals surface area contributed by atoms with Crippen LogP contribution in [0.15, 0.2) is 42.5 Å². The summed E-state index contributed by atoms with van der Waals surface area (Å²) in [6.45, 7) is 0.0387. The molecule has 17 heavy (non-hydrogen) atoms. The second-order valence-corrected chi connectivity index (χ2v) is 3.62. The van der Waals surface area contributed by atoms with Crippen LogP contribution in [0.1, 0.15) is 5.56 Å². The minimum Gasteiger partial charge on any atom is -0.300 e. The van der Waals surface area contributed by atoms with Crippen molar-refractivity contribution in [2.45, 2.75) is 6.61 Å². The lowest BCUT2D eigenvalue weighted by Gasteiger charge is -2.07. The van der Waals surface area contributed by atoms with Crippen molar-refractivity contribution in [3.05, 3.63) is 59.7 Å². The molecular formula is C13H11F2NO. The van der Waals surface area contributed by atoms with Gasteiger partial charge in [-0.2, -0.15) is 0 Å². The van der Waals surface area contributed by atoms with E-state index >= 15 is 0 Å². The molecule has 0 saturated carbocycles. The highest BCUT2D eigenvalue weighted by Crippen LogP contribution is 2.26. The van der Waals surface area contributed by atoms with Gasteiger partial charge in [-0.05, 0) is 23.3 Å². The molecule has 0 unspecified atom stereocenters. The van der Waals surface area contributed by atoms with Crippen molar-refractivity contribution in [3.63, 3.8) is 0 Å².